The zero-order valence-electron chi connectivity index (χ0n) is 16.8. The van der Waals surface area contributed by atoms with E-state index in [0.29, 0.717) is 22.5 Å². The Morgan fingerprint density at radius 1 is 1.13 bits per heavy atom. The molecule has 0 aliphatic heterocycles. The molecule has 7 nitrogen and oxygen atoms in total. The molecule has 0 atom stereocenters. The third-order valence-corrected chi connectivity index (χ3v) is 5.32. The molecule has 0 fully saturated rings. The number of rotatable bonds is 4. The summed E-state index contributed by atoms with van der Waals surface area (Å²) in [5, 5.41) is 0.273. The molecule has 8 heteroatoms. The SMILES string of the molecule is CC(C)n1cc(-c2cc3c(=O)c(C(N)=O)c[nH]c3nc2-c2ccccc2)cc(Cl)c1=O. The fraction of sp³-hybridized carbons (Fsp3) is 0.130. The van der Waals surface area contributed by atoms with Crippen molar-refractivity contribution in [1.29, 1.82) is 0 Å². The number of nitrogens with one attached hydrogen (secondary N) is 1. The van der Waals surface area contributed by atoms with Gasteiger partial charge in [0.1, 0.15) is 16.2 Å². The van der Waals surface area contributed by atoms with Crippen LogP contribution in [0.5, 0.6) is 0 Å². The van der Waals surface area contributed by atoms with Crippen molar-refractivity contribution in [3.8, 4) is 22.4 Å². The molecule has 0 radical (unpaired) electrons. The molecule has 0 aliphatic rings. The van der Waals surface area contributed by atoms with Gasteiger partial charge < -0.3 is 15.3 Å². The van der Waals surface area contributed by atoms with E-state index in [1.165, 1.54) is 10.8 Å². The van der Waals surface area contributed by atoms with E-state index >= 15 is 0 Å². The lowest BCUT2D eigenvalue weighted by Gasteiger charge is -2.16. The summed E-state index contributed by atoms with van der Waals surface area (Å²) in [6.45, 7) is 3.75. The number of nitrogens with zero attached hydrogens (tertiary/aromatic N) is 2. The maximum Gasteiger partial charge on any atom is 0.269 e. The van der Waals surface area contributed by atoms with Gasteiger partial charge in [0.15, 0.2) is 0 Å². The van der Waals surface area contributed by atoms with Crippen molar-refractivity contribution in [3.05, 3.63) is 86.0 Å². The Morgan fingerprint density at radius 3 is 2.48 bits per heavy atom. The molecule has 3 heterocycles. The third kappa shape index (κ3) is 3.64. The van der Waals surface area contributed by atoms with Crippen molar-refractivity contribution < 1.29 is 4.79 Å². The predicted molar refractivity (Wildman–Crippen MR) is 121 cm³/mol. The Labute approximate surface area is 182 Å². The topological polar surface area (TPSA) is 111 Å². The molecule has 31 heavy (non-hydrogen) atoms. The number of hydrogen-bond donors (Lipinski definition) is 2. The van der Waals surface area contributed by atoms with E-state index in [2.05, 4.69) is 9.97 Å². The van der Waals surface area contributed by atoms with E-state index in [1.54, 1.807) is 18.3 Å². The van der Waals surface area contributed by atoms with Gasteiger partial charge in [-0.25, -0.2) is 4.98 Å². The lowest BCUT2D eigenvalue weighted by atomic mass is 9.98. The third-order valence-electron chi connectivity index (χ3n) is 5.04. The largest absolute Gasteiger partial charge is 0.365 e. The highest BCUT2D eigenvalue weighted by molar-refractivity contribution is 6.30. The number of H-pyrrole nitrogens is 1. The highest BCUT2D eigenvalue weighted by atomic mass is 35.5. The summed E-state index contributed by atoms with van der Waals surface area (Å²) in [5.41, 5.74) is 7.31. The number of primary amides is 1. The molecule has 0 spiro atoms. The Balaban J connectivity index is 2.12. The number of benzene rings is 1. The van der Waals surface area contributed by atoms with Gasteiger partial charge in [0, 0.05) is 35.1 Å². The number of carbonyl (C=O) groups excluding carboxylic acids is 1. The summed E-state index contributed by atoms with van der Waals surface area (Å²) in [5.74, 6) is -0.826. The van der Waals surface area contributed by atoms with Crippen molar-refractivity contribution in [2.24, 2.45) is 5.73 Å². The lowest BCUT2D eigenvalue weighted by molar-refractivity contribution is 0.0999. The summed E-state index contributed by atoms with van der Waals surface area (Å²) >= 11 is 6.24. The second-order valence-electron chi connectivity index (χ2n) is 7.43. The first-order chi connectivity index (χ1) is 14.8. The quantitative estimate of drug-likeness (QED) is 0.509. The first-order valence-electron chi connectivity index (χ1n) is 9.61. The molecule has 1 aromatic carbocycles. The minimum absolute atomic E-state index is 0.0603. The van der Waals surface area contributed by atoms with Crippen LogP contribution in [0.3, 0.4) is 0 Å². The zero-order valence-corrected chi connectivity index (χ0v) is 17.6. The van der Waals surface area contributed by atoms with Crippen LogP contribution in [-0.2, 0) is 0 Å². The van der Waals surface area contributed by atoms with E-state index < -0.39 is 11.3 Å². The highest BCUT2D eigenvalue weighted by Crippen LogP contribution is 2.33. The number of hydrogen-bond acceptors (Lipinski definition) is 4. The molecule has 0 unspecified atom stereocenters. The first kappa shape index (κ1) is 20.6. The van der Waals surface area contributed by atoms with Gasteiger partial charge in [-0.2, -0.15) is 0 Å². The molecule has 1 amide bonds. The second-order valence-corrected chi connectivity index (χ2v) is 7.83. The second kappa shape index (κ2) is 7.85. The van der Waals surface area contributed by atoms with Crippen LogP contribution >= 0.6 is 11.6 Å². The molecule has 3 aromatic heterocycles. The maximum absolute atomic E-state index is 12.9. The molecular formula is C23H19ClN4O3. The van der Waals surface area contributed by atoms with Gasteiger partial charge in [-0.1, -0.05) is 41.9 Å². The van der Waals surface area contributed by atoms with Crippen LogP contribution in [0.15, 0.2) is 64.4 Å². The minimum atomic E-state index is -0.826. The Hall–Kier alpha value is -3.71. The van der Waals surface area contributed by atoms with Crippen molar-refractivity contribution in [2.45, 2.75) is 19.9 Å². The van der Waals surface area contributed by atoms with Crippen LogP contribution in [0.2, 0.25) is 5.02 Å². The summed E-state index contributed by atoms with van der Waals surface area (Å²) < 4.78 is 1.53. The number of fused-ring (bicyclic) bond motifs is 1. The Morgan fingerprint density at radius 2 is 1.84 bits per heavy atom. The van der Waals surface area contributed by atoms with Gasteiger partial charge >= 0.3 is 0 Å². The molecule has 156 valence electrons. The summed E-state index contributed by atoms with van der Waals surface area (Å²) in [4.78, 5) is 44.5. The van der Waals surface area contributed by atoms with E-state index in [0.717, 1.165) is 5.56 Å². The monoisotopic (exact) mass is 434 g/mol. The van der Waals surface area contributed by atoms with E-state index in [9.17, 15) is 14.4 Å². The Bertz CT molecular complexity index is 1440. The van der Waals surface area contributed by atoms with Gasteiger partial charge in [-0.3, -0.25) is 14.4 Å². The highest BCUT2D eigenvalue weighted by Gasteiger charge is 2.18. The number of halogens is 1. The maximum atomic E-state index is 12.9. The fourth-order valence-corrected chi connectivity index (χ4v) is 3.68. The first-order valence-corrected chi connectivity index (χ1v) is 9.99. The Kier molecular flexibility index (Phi) is 5.20. The van der Waals surface area contributed by atoms with Gasteiger partial charge in [0.05, 0.1) is 11.1 Å². The molecule has 0 saturated heterocycles. The number of aromatic nitrogens is 3. The van der Waals surface area contributed by atoms with Crippen LogP contribution < -0.4 is 16.7 Å². The molecule has 0 aliphatic carbocycles. The van der Waals surface area contributed by atoms with Gasteiger partial charge in [0.2, 0.25) is 5.43 Å². The molecule has 4 aromatic rings. The summed E-state index contributed by atoms with van der Waals surface area (Å²) in [6, 6.07) is 12.5. The van der Waals surface area contributed by atoms with Crippen molar-refractivity contribution >= 4 is 28.5 Å². The van der Waals surface area contributed by atoms with Crippen molar-refractivity contribution in [3.63, 3.8) is 0 Å². The van der Waals surface area contributed by atoms with E-state index in [1.807, 2.05) is 44.2 Å². The normalized spacial score (nSPS) is 11.2. The molecule has 0 bridgehead atoms. The fourth-order valence-electron chi connectivity index (χ4n) is 3.46. The molecule has 4 rings (SSSR count). The van der Waals surface area contributed by atoms with Crippen LogP contribution in [0.4, 0.5) is 0 Å². The zero-order chi connectivity index (χ0) is 22.3. The van der Waals surface area contributed by atoms with E-state index in [4.69, 9.17) is 17.3 Å². The standard InChI is InChI=1S/C23H19ClN4O3/c1-12(2)28-11-14(8-18(24)23(28)31)15-9-16-20(29)17(21(25)30)10-26-22(16)27-19(15)13-6-4-3-5-7-13/h3-12H,1-2H3,(H2,25,30)(H,26,27,29). The minimum Gasteiger partial charge on any atom is -0.365 e. The number of aromatic amines is 1. The number of amides is 1. The smallest absolute Gasteiger partial charge is 0.269 e. The van der Waals surface area contributed by atoms with Crippen molar-refractivity contribution in [1.82, 2.24) is 14.5 Å². The molecular weight excluding hydrogens is 416 g/mol. The number of pyridine rings is 3. The summed E-state index contributed by atoms with van der Waals surface area (Å²) in [7, 11) is 0. The average molecular weight is 435 g/mol. The van der Waals surface area contributed by atoms with Gasteiger partial charge in [-0.15, -0.1) is 0 Å². The number of carbonyl (C=O) groups is 1. The van der Waals surface area contributed by atoms with Crippen LogP contribution in [0, 0.1) is 0 Å². The van der Waals surface area contributed by atoms with Gasteiger partial charge in [0.25, 0.3) is 11.5 Å². The van der Waals surface area contributed by atoms with Gasteiger partial charge in [-0.05, 0) is 26.0 Å². The molecule has 3 N–H and O–H groups in total. The lowest BCUT2D eigenvalue weighted by Crippen LogP contribution is -2.23. The summed E-state index contributed by atoms with van der Waals surface area (Å²) in [6.07, 6.45) is 2.96. The van der Waals surface area contributed by atoms with Crippen LogP contribution in [0.1, 0.15) is 30.2 Å². The predicted octanol–water partition coefficient (Wildman–Crippen LogP) is 3.75. The number of nitrogens with two attached hydrogens (primary N) is 1. The van der Waals surface area contributed by atoms with Crippen molar-refractivity contribution in [2.75, 3.05) is 0 Å². The van der Waals surface area contributed by atoms with Crippen LogP contribution in [-0.4, -0.2) is 20.4 Å². The molecule has 0 saturated carbocycles. The van der Waals surface area contributed by atoms with Crippen LogP contribution in [0.25, 0.3) is 33.4 Å². The average Bonchev–Trinajstić information content (AvgIpc) is 2.75. The van der Waals surface area contributed by atoms with E-state index in [-0.39, 0.29) is 27.6 Å².